The molecule has 0 radical (unpaired) electrons. The van der Waals surface area contributed by atoms with E-state index in [1.807, 2.05) is 0 Å². The van der Waals surface area contributed by atoms with Crippen LogP contribution in [0.25, 0.3) is 0 Å². The Hall–Kier alpha value is -3.49. The molecule has 0 unspecified atom stereocenters. The molecule has 0 aliphatic heterocycles. The lowest BCUT2D eigenvalue weighted by Gasteiger charge is -2.09. The van der Waals surface area contributed by atoms with Gasteiger partial charge in [-0.05, 0) is 42.8 Å². The van der Waals surface area contributed by atoms with Gasteiger partial charge in [-0.25, -0.2) is 4.39 Å². The minimum absolute atomic E-state index is 0.0269. The van der Waals surface area contributed by atoms with Crippen LogP contribution in [-0.2, 0) is 9.59 Å². The fourth-order valence-electron chi connectivity index (χ4n) is 2.00. The summed E-state index contributed by atoms with van der Waals surface area (Å²) in [5.41, 5.74) is 0.874. The van der Waals surface area contributed by atoms with E-state index in [0.29, 0.717) is 5.69 Å². The molecule has 2 rings (SSSR count). The van der Waals surface area contributed by atoms with Gasteiger partial charge in [-0.2, -0.15) is 0 Å². The third-order valence-electron chi connectivity index (χ3n) is 3.24. The average Bonchev–Trinajstić information content (AvgIpc) is 2.60. The number of hydrogen-bond acceptors (Lipinski definition) is 5. The molecule has 0 saturated carbocycles. The number of aryl methyl sites for hydroxylation is 1. The predicted molar refractivity (Wildman–Crippen MR) is 91.4 cm³/mol. The summed E-state index contributed by atoms with van der Waals surface area (Å²) in [7, 11) is 0. The van der Waals surface area contributed by atoms with E-state index in [2.05, 4.69) is 10.6 Å². The Balaban J connectivity index is 1.82. The minimum atomic E-state index is -0.616. The summed E-state index contributed by atoms with van der Waals surface area (Å²) in [5.74, 6) is -1.58. The molecule has 0 spiro atoms. The Labute approximate surface area is 148 Å². The van der Waals surface area contributed by atoms with Crippen molar-refractivity contribution in [1.29, 1.82) is 0 Å². The molecule has 136 valence electrons. The van der Waals surface area contributed by atoms with Crippen LogP contribution in [-0.4, -0.2) is 29.9 Å². The normalized spacial score (nSPS) is 10.1. The zero-order valence-corrected chi connectivity index (χ0v) is 13.8. The molecule has 2 aromatic rings. The van der Waals surface area contributed by atoms with Crippen molar-refractivity contribution in [3.8, 4) is 5.75 Å². The summed E-state index contributed by atoms with van der Waals surface area (Å²) in [4.78, 5) is 33.8. The maximum Gasteiger partial charge on any atom is 0.310 e. The van der Waals surface area contributed by atoms with Gasteiger partial charge in [0.15, 0.2) is 12.4 Å². The number of ether oxygens (including phenoxy) is 1. The number of hydrogen-bond donors (Lipinski definition) is 2. The molecule has 0 saturated heterocycles. The van der Waals surface area contributed by atoms with Gasteiger partial charge in [-0.3, -0.25) is 19.7 Å². The van der Waals surface area contributed by atoms with E-state index in [1.165, 1.54) is 36.4 Å². The SMILES string of the molecule is Cc1ccc([N+](=O)[O-])c(OCC(=O)NCC(=O)Nc2ccc(F)cc2)c1. The number of nitrogens with zero attached hydrogens (tertiary/aromatic N) is 1. The van der Waals surface area contributed by atoms with Crippen molar-refractivity contribution in [2.45, 2.75) is 6.92 Å². The molecule has 9 heteroatoms. The highest BCUT2D eigenvalue weighted by Crippen LogP contribution is 2.27. The van der Waals surface area contributed by atoms with E-state index in [0.717, 1.165) is 5.56 Å². The number of halogens is 1. The Morgan fingerprint density at radius 1 is 1.15 bits per heavy atom. The van der Waals surface area contributed by atoms with Crippen LogP contribution in [0.4, 0.5) is 15.8 Å². The first-order valence-electron chi connectivity index (χ1n) is 7.55. The molecule has 0 atom stereocenters. The molecule has 0 fully saturated rings. The molecule has 26 heavy (non-hydrogen) atoms. The molecular weight excluding hydrogens is 345 g/mol. The molecule has 2 N–H and O–H groups in total. The van der Waals surface area contributed by atoms with Crippen LogP contribution < -0.4 is 15.4 Å². The molecular formula is C17H16FN3O5. The highest BCUT2D eigenvalue weighted by atomic mass is 19.1. The number of nitro groups is 1. The van der Waals surface area contributed by atoms with Crippen molar-refractivity contribution in [1.82, 2.24) is 5.32 Å². The standard InChI is InChI=1S/C17H16FN3O5/c1-11-2-7-14(21(24)25)15(8-11)26-10-17(23)19-9-16(22)20-13-5-3-12(18)4-6-13/h2-8H,9-10H2,1H3,(H,19,23)(H,20,22). The van der Waals surface area contributed by atoms with Gasteiger partial charge in [0.05, 0.1) is 11.5 Å². The third-order valence-corrected chi connectivity index (χ3v) is 3.24. The Morgan fingerprint density at radius 3 is 2.50 bits per heavy atom. The lowest BCUT2D eigenvalue weighted by atomic mass is 10.2. The van der Waals surface area contributed by atoms with Crippen LogP contribution >= 0.6 is 0 Å². The van der Waals surface area contributed by atoms with Crippen molar-refractivity contribution in [2.24, 2.45) is 0 Å². The van der Waals surface area contributed by atoms with Gasteiger partial charge in [-0.1, -0.05) is 6.07 Å². The summed E-state index contributed by atoms with van der Waals surface area (Å²) in [6.45, 7) is 0.931. The topological polar surface area (TPSA) is 111 Å². The van der Waals surface area contributed by atoms with Crippen LogP contribution in [0.2, 0.25) is 0 Å². The summed E-state index contributed by atoms with van der Waals surface area (Å²) in [6, 6.07) is 9.45. The minimum Gasteiger partial charge on any atom is -0.477 e. The Morgan fingerprint density at radius 2 is 1.85 bits per heavy atom. The van der Waals surface area contributed by atoms with Crippen molar-refractivity contribution in [3.63, 3.8) is 0 Å². The second kappa shape index (κ2) is 8.56. The second-order valence-electron chi connectivity index (χ2n) is 5.35. The number of nitro benzene ring substituents is 1. The molecule has 0 heterocycles. The molecule has 0 aromatic heterocycles. The second-order valence-corrected chi connectivity index (χ2v) is 5.35. The first-order chi connectivity index (χ1) is 12.3. The van der Waals surface area contributed by atoms with Crippen molar-refractivity contribution in [2.75, 3.05) is 18.5 Å². The number of carbonyl (C=O) groups is 2. The van der Waals surface area contributed by atoms with Gasteiger partial charge >= 0.3 is 5.69 Å². The first-order valence-corrected chi connectivity index (χ1v) is 7.55. The zero-order chi connectivity index (χ0) is 19.1. The van der Waals surface area contributed by atoms with E-state index >= 15 is 0 Å². The molecule has 2 amide bonds. The lowest BCUT2D eigenvalue weighted by Crippen LogP contribution is -2.35. The van der Waals surface area contributed by atoms with Crippen molar-refractivity contribution >= 4 is 23.2 Å². The Bertz CT molecular complexity index is 824. The fraction of sp³-hybridized carbons (Fsp3) is 0.176. The molecule has 0 aliphatic rings. The van der Waals surface area contributed by atoms with Crippen LogP contribution in [0.3, 0.4) is 0 Å². The van der Waals surface area contributed by atoms with E-state index in [1.54, 1.807) is 13.0 Å². The number of nitrogens with one attached hydrogen (secondary N) is 2. The highest BCUT2D eigenvalue weighted by Gasteiger charge is 2.16. The largest absolute Gasteiger partial charge is 0.477 e. The van der Waals surface area contributed by atoms with Crippen LogP contribution in [0.5, 0.6) is 5.75 Å². The highest BCUT2D eigenvalue weighted by molar-refractivity contribution is 5.94. The number of amides is 2. The van der Waals surface area contributed by atoms with Gasteiger partial charge in [0.25, 0.3) is 5.91 Å². The average molecular weight is 361 g/mol. The lowest BCUT2D eigenvalue weighted by molar-refractivity contribution is -0.385. The monoisotopic (exact) mass is 361 g/mol. The molecule has 8 nitrogen and oxygen atoms in total. The maximum atomic E-state index is 12.8. The Kier molecular flexibility index (Phi) is 6.20. The molecule has 0 bridgehead atoms. The number of benzene rings is 2. The van der Waals surface area contributed by atoms with Crippen LogP contribution in [0.15, 0.2) is 42.5 Å². The van der Waals surface area contributed by atoms with E-state index in [9.17, 15) is 24.1 Å². The van der Waals surface area contributed by atoms with Gasteiger partial charge in [0.2, 0.25) is 5.91 Å². The number of carbonyl (C=O) groups excluding carboxylic acids is 2. The summed E-state index contributed by atoms with van der Waals surface area (Å²) in [6.07, 6.45) is 0. The van der Waals surface area contributed by atoms with Gasteiger partial charge in [0, 0.05) is 11.8 Å². The molecule has 2 aromatic carbocycles. The van der Waals surface area contributed by atoms with Gasteiger partial charge in [-0.15, -0.1) is 0 Å². The van der Waals surface area contributed by atoms with Gasteiger partial charge < -0.3 is 15.4 Å². The third kappa shape index (κ3) is 5.55. The van der Waals surface area contributed by atoms with Gasteiger partial charge in [0.1, 0.15) is 5.82 Å². The summed E-state index contributed by atoms with van der Waals surface area (Å²) in [5, 5.41) is 15.7. The smallest absolute Gasteiger partial charge is 0.310 e. The zero-order valence-electron chi connectivity index (χ0n) is 13.8. The summed E-state index contributed by atoms with van der Waals surface area (Å²) < 4.78 is 18.0. The maximum absolute atomic E-state index is 12.8. The molecule has 0 aliphatic carbocycles. The van der Waals surface area contributed by atoms with Crippen molar-refractivity contribution in [3.05, 3.63) is 64.0 Å². The first kappa shape index (κ1) is 18.8. The van der Waals surface area contributed by atoms with E-state index < -0.39 is 29.2 Å². The van der Waals surface area contributed by atoms with Crippen LogP contribution in [0.1, 0.15) is 5.56 Å². The number of anilines is 1. The number of rotatable bonds is 7. The van der Waals surface area contributed by atoms with E-state index in [4.69, 9.17) is 4.74 Å². The quantitative estimate of drug-likeness (QED) is 0.580. The summed E-state index contributed by atoms with van der Waals surface area (Å²) >= 11 is 0. The van der Waals surface area contributed by atoms with E-state index in [-0.39, 0.29) is 18.0 Å². The fourth-order valence-corrected chi connectivity index (χ4v) is 2.00. The predicted octanol–water partition coefficient (Wildman–Crippen LogP) is 2.18. The van der Waals surface area contributed by atoms with Crippen LogP contribution in [0, 0.1) is 22.9 Å². The van der Waals surface area contributed by atoms with Crippen molar-refractivity contribution < 1.29 is 23.6 Å².